The van der Waals surface area contributed by atoms with Crippen LogP contribution in [-0.2, 0) is 7.05 Å². The van der Waals surface area contributed by atoms with E-state index in [4.69, 9.17) is 0 Å². The van der Waals surface area contributed by atoms with Crippen molar-refractivity contribution in [1.29, 1.82) is 0 Å². The predicted octanol–water partition coefficient (Wildman–Crippen LogP) is 7.33. The molecule has 0 fully saturated rings. The second-order valence-electron chi connectivity index (χ2n) is 9.20. The van der Waals surface area contributed by atoms with Crippen molar-refractivity contribution >= 4 is 0 Å². The number of para-hydroxylation sites is 1. The molecule has 2 nitrogen and oxygen atoms in total. The number of hydrogen-bond donors (Lipinski definition) is 0. The van der Waals surface area contributed by atoms with E-state index in [-0.39, 0.29) is 5.82 Å². The average Bonchev–Trinajstić information content (AvgIpc) is 3.10. The summed E-state index contributed by atoms with van der Waals surface area (Å²) in [6.07, 6.45) is 2.16. The Hall–Kier alpha value is -3.20. The lowest BCUT2D eigenvalue weighted by molar-refractivity contribution is -0.659. The molecule has 0 radical (unpaired) electrons. The summed E-state index contributed by atoms with van der Waals surface area (Å²) in [6, 6.07) is 22.0. The number of rotatable bonds is 5. The SMILES string of the molecule is Cc1ccccc1-c1n(-c2c(C(C)C)cccc2C(C)C)c(-c2ccc(F)cc2)c[n+]1C. The van der Waals surface area contributed by atoms with Gasteiger partial charge in [-0.25, -0.2) is 8.96 Å². The van der Waals surface area contributed by atoms with Crippen molar-refractivity contribution in [3.05, 3.63) is 95.4 Å². The standard InChI is InChI=1S/C29H32FN2/c1-19(2)24-12-9-13-25(20(3)4)28(24)32-27(22-14-16-23(30)17-15-22)18-31(6)29(32)26-11-8-7-10-21(26)5/h7-20H,1-6H3/q+1. The highest BCUT2D eigenvalue weighted by atomic mass is 19.1. The predicted molar refractivity (Wildman–Crippen MR) is 131 cm³/mol. The third-order valence-corrected chi connectivity index (χ3v) is 6.19. The Bertz CT molecular complexity index is 1220. The van der Waals surface area contributed by atoms with Crippen molar-refractivity contribution in [2.45, 2.75) is 46.5 Å². The lowest BCUT2D eigenvalue weighted by Crippen LogP contribution is -2.29. The van der Waals surface area contributed by atoms with Crippen LogP contribution in [-0.4, -0.2) is 4.57 Å². The van der Waals surface area contributed by atoms with Gasteiger partial charge in [0.2, 0.25) is 0 Å². The highest BCUT2D eigenvalue weighted by Crippen LogP contribution is 2.38. The fourth-order valence-corrected chi connectivity index (χ4v) is 4.53. The van der Waals surface area contributed by atoms with Crippen LogP contribution in [0.15, 0.2) is 72.9 Å². The van der Waals surface area contributed by atoms with Crippen LogP contribution in [0, 0.1) is 12.7 Å². The van der Waals surface area contributed by atoms with Crippen LogP contribution in [0.4, 0.5) is 4.39 Å². The summed E-state index contributed by atoms with van der Waals surface area (Å²) in [5.74, 6) is 1.63. The molecular formula is C29H32FN2+. The van der Waals surface area contributed by atoms with Crippen LogP contribution in [0.1, 0.15) is 56.2 Å². The van der Waals surface area contributed by atoms with E-state index in [0.29, 0.717) is 11.8 Å². The number of aryl methyl sites for hydroxylation is 2. The van der Waals surface area contributed by atoms with Gasteiger partial charge >= 0.3 is 0 Å². The number of aromatic nitrogens is 2. The lowest BCUT2D eigenvalue weighted by atomic mass is 9.92. The van der Waals surface area contributed by atoms with Crippen LogP contribution < -0.4 is 4.57 Å². The zero-order chi connectivity index (χ0) is 23.0. The summed E-state index contributed by atoms with van der Waals surface area (Å²) < 4.78 is 18.3. The minimum absolute atomic E-state index is 0.221. The Morgan fingerprint density at radius 2 is 1.38 bits per heavy atom. The molecule has 4 rings (SSSR count). The molecule has 0 amide bonds. The fourth-order valence-electron chi connectivity index (χ4n) is 4.53. The molecule has 0 N–H and O–H groups in total. The molecule has 0 aliphatic rings. The molecule has 0 saturated carbocycles. The van der Waals surface area contributed by atoms with Gasteiger partial charge in [-0.1, -0.05) is 64.1 Å². The third kappa shape index (κ3) is 3.88. The monoisotopic (exact) mass is 427 g/mol. The molecule has 32 heavy (non-hydrogen) atoms. The van der Waals surface area contributed by atoms with Crippen LogP contribution >= 0.6 is 0 Å². The van der Waals surface area contributed by atoms with Gasteiger partial charge < -0.3 is 0 Å². The van der Waals surface area contributed by atoms with Crippen LogP contribution in [0.3, 0.4) is 0 Å². The Kier molecular flexibility index (Phi) is 6.01. The normalized spacial score (nSPS) is 11.5. The van der Waals surface area contributed by atoms with E-state index < -0.39 is 0 Å². The van der Waals surface area contributed by atoms with Crippen molar-refractivity contribution in [3.63, 3.8) is 0 Å². The van der Waals surface area contributed by atoms with Gasteiger partial charge in [0.25, 0.3) is 5.82 Å². The first-order valence-corrected chi connectivity index (χ1v) is 11.4. The summed E-state index contributed by atoms with van der Waals surface area (Å²) in [7, 11) is 2.10. The van der Waals surface area contributed by atoms with E-state index in [1.807, 2.05) is 12.1 Å². The summed E-state index contributed by atoms with van der Waals surface area (Å²) in [5.41, 5.74) is 8.32. The summed E-state index contributed by atoms with van der Waals surface area (Å²) >= 11 is 0. The van der Waals surface area contributed by atoms with Crippen LogP contribution in [0.2, 0.25) is 0 Å². The smallest absolute Gasteiger partial charge is 0.232 e. The molecule has 3 aromatic carbocycles. The van der Waals surface area contributed by atoms with Gasteiger partial charge in [0.15, 0.2) is 5.69 Å². The molecule has 1 aromatic heterocycles. The van der Waals surface area contributed by atoms with E-state index in [9.17, 15) is 4.39 Å². The number of imidazole rings is 1. The number of hydrogen-bond acceptors (Lipinski definition) is 0. The van der Waals surface area contributed by atoms with E-state index in [1.165, 1.54) is 40.1 Å². The molecule has 164 valence electrons. The third-order valence-electron chi connectivity index (χ3n) is 6.19. The van der Waals surface area contributed by atoms with E-state index in [1.54, 1.807) is 0 Å². The minimum atomic E-state index is -0.221. The van der Waals surface area contributed by atoms with Crippen LogP contribution in [0.5, 0.6) is 0 Å². The van der Waals surface area contributed by atoms with E-state index >= 15 is 0 Å². The zero-order valence-electron chi connectivity index (χ0n) is 19.9. The van der Waals surface area contributed by atoms with Crippen molar-refractivity contribution in [3.8, 4) is 28.3 Å². The molecule has 4 aromatic rings. The minimum Gasteiger partial charge on any atom is -0.232 e. The summed E-state index contributed by atoms with van der Waals surface area (Å²) in [6.45, 7) is 11.1. The Labute approximate surface area is 191 Å². The molecule has 1 heterocycles. The molecule has 0 aliphatic heterocycles. The van der Waals surface area contributed by atoms with Gasteiger partial charge in [-0.2, -0.15) is 4.57 Å². The average molecular weight is 428 g/mol. The zero-order valence-corrected chi connectivity index (χ0v) is 19.9. The number of halogens is 1. The maximum atomic E-state index is 13.8. The molecule has 0 saturated heterocycles. The fraction of sp³-hybridized carbons (Fsp3) is 0.276. The molecule has 0 atom stereocenters. The van der Waals surface area contributed by atoms with Gasteiger partial charge in [-0.05, 0) is 54.7 Å². The quantitative estimate of drug-likeness (QED) is 0.295. The second kappa shape index (κ2) is 8.74. The maximum absolute atomic E-state index is 13.8. The van der Waals surface area contributed by atoms with Crippen molar-refractivity contribution in [1.82, 2.24) is 4.57 Å². The highest BCUT2D eigenvalue weighted by molar-refractivity contribution is 5.71. The Morgan fingerprint density at radius 1 is 0.781 bits per heavy atom. The molecule has 0 unspecified atom stereocenters. The first kappa shape index (κ1) is 22.0. The summed E-state index contributed by atoms with van der Waals surface area (Å²) in [5, 5.41) is 0. The topological polar surface area (TPSA) is 8.81 Å². The molecule has 0 spiro atoms. The molecule has 3 heteroatoms. The highest BCUT2D eigenvalue weighted by Gasteiger charge is 2.31. The van der Waals surface area contributed by atoms with Gasteiger partial charge in [0, 0.05) is 16.7 Å². The van der Waals surface area contributed by atoms with Gasteiger partial charge in [0.1, 0.15) is 17.7 Å². The number of benzene rings is 3. The molecule has 0 bridgehead atoms. The lowest BCUT2D eigenvalue weighted by Gasteiger charge is -2.19. The van der Waals surface area contributed by atoms with E-state index in [2.05, 4.69) is 99.5 Å². The molecular weight excluding hydrogens is 395 g/mol. The first-order chi connectivity index (χ1) is 15.3. The second-order valence-corrected chi connectivity index (χ2v) is 9.20. The van der Waals surface area contributed by atoms with Gasteiger partial charge in [-0.15, -0.1) is 0 Å². The first-order valence-electron chi connectivity index (χ1n) is 11.4. The largest absolute Gasteiger partial charge is 0.294 e. The van der Waals surface area contributed by atoms with Gasteiger partial charge in [0.05, 0.1) is 12.6 Å². The maximum Gasteiger partial charge on any atom is 0.294 e. The van der Waals surface area contributed by atoms with Gasteiger partial charge in [-0.3, -0.25) is 0 Å². The molecule has 0 aliphatic carbocycles. The number of nitrogens with zero attached hydrogens (tertiary/aromatic N) is 2. The van der Waals surface area contributed by atoms with Crippen LogP contribution in [0.25, 0.3) is 28.3 Å². The Morgan fingerprint density at radius 3 is 1.94 bits per heavy atom. The van der Waals surface area contributed by atoms with Crippen molar-refractivity contribution in [2.24, 2.45) is 7.05 Å². The summed E-state index contributed by atoms with van der Waals surface area (Å²) in [4.78, 5) is 0. The Balaban J connectivity index is 2.17. The van der Waals surface area contributed by atoms with E-state index in [0.717, 1.165) is 17.1 Å². The van der Waals surface area contributed by atoms with Crippen molar-refractivity contribution in [2.75, 3.05) is 0 Å². The van der Waals surface area contributed by atoms with Crippen molar-refractivity contribution < 1.29 is 8.96 Å².